The third-order valence-corrected chi connectivity index (χ3v) is 4.86. The average Bonchev–Trinajstić information content (AvgIpc) is 2.26. The van der Waals surface area contributed by atoms with Crippen LogP contribution in [0.25, 0.3) is 0 Å². The Balaban J connectivity index is 0.00000225. The van der Waals surface area contributed by atoms with E-state index in [2.05, 4.69) is 5.32 Å². The first kappa shape index (κ1) is 16.2. The van der Waals surface area contributed by atoms with Crippen molar-refractivity contribution in [3.63, 3.8) is 0 Å². The van der Waals surface area contributed by atoms with Crippen LogP contribution < -0.4 is 5.32 Å². The summed E-state index contributed by atoms with van der Waals surface area (Å²) < 4.78 is 25.5. The second kappa shape index (κ2) is 7.48. The van der Waals surface area contributed by atoms with Gasteiger partial charge in [0.2, 0.25) is 10.0 Å². The van der Waals surface area contributed by atoms with Crippen LogP contribution in [-0.4, -0.2) is 44.7 Å². The lowest BCUT2D eigenvalue weighted by Gasteiger charge is -2.31. The molecule has 0 spiro atoms. The Bertz CT molecular complexity index is 283. The Hall–Kier alpha value is 0.160. The van der Waals surface area contributed by atoms with Crippen LogP contribution in [0.4, 0.5) is 0 Å². The van der Waals surface area contributed by atoms with E-state index in [-0.39, 0.29) is 12.4 Å². The van der Waals surface area contributed by atoms with Gasteiger partial charge in [0, 0.05) is 19.1 Å². The third-order valence-electron chi connectivity index (χ3n) is 2.94. The largest absolute Gasteiger partial charge is 0.316 e. The Labute approximate surface area is 105 Å². The van der Waals surface area contributed by atoms with Crippen LogP contribution in [0.3, 0.4) is 0 Å². The Morgan fingerprint density at radius 3 is 2.69 bits per heavy atom. The minimum Gasteiger partial charge on any atom is -0.316 e. The molecule has 16 heavy (non-hydrogen) atoms. The highest BCUT2D eigenvalue weighted by molar-refractivity contribution is 7.89. The molecule has 6 heteroatoms. The van der Waals surface area contributed by atoms with Crippen molar-refractivity contribution in [2.45, 2.75) is 38.6 Å². The molecule has 0 bridgehead atoms. The van der Waals surface area contributed by atoms with Gasteiger partial charge >= 0.3 is 0 Å². The molecule has 4 nitrogen and oxygen atoms in total. The normalized spacial score (nSPS) is 22.8. The quantitative estimate of drug-likeness (QED) is 0.817. The van der Waals surface area contributed by atoms with Crippen LogP contribution in [0.5, 0.6) is 0 Å². The molecule has 1 fully saturated rings. The molecule has 0 aromatic heterocycles. The van der Waals surface area contributed by atoms with Crippen molar-refractivity contribution in [1.82, 2.24) is 9.62 Å². The summed E-state index contributed by atoms with van der Waals surface area (Å²) in [7, 11) is -1.10. The zero-order valence-electron chi connectivity index (χ0n) is 10.1. The standard InChI is InChI=1S/C10H22N2O2S.ClH/c1-3-4-8-15(13,14)12-7-5-6-10(9-12)11-2;/h10-11H,3-9H2,1-2H3;1H. The van der Waals surface area contributed by atoms with Gasteiger partial charge in [-0.2, -0.15) is 0 Å². The summed E-state index contributed by atoms with van der Waals surface area (Å²) in [5, 5.41) is 3.16. The van der Waals surface area contributed by atoms with Gasteiger partial charge in [-0.25, -0.2) is 12.7 Å². The molecule has 1 rings (SSSR count). The summed E-state index contributed by atoms with van der Waals surface area (Å²) in [6.45, 7) is 3.36. The lowest BCUT2D eigenvalue weighted by molar-refractivity contribution is 0.292. The number of likely N-dealkylation sites (N-methyl/N-ethyl adjacent to an activating group) is 1. The molecule has 1 aliphatic rings. The van der Waals surface area contributed by atoms with E-state index in [1.165, 1.54) is 0 Å². The first-order valence-corrected chi connectivity index (χ1v) is 7.36. The molecule has 0 saturated carbocycles. The van der Waals surface area contributed by atoms with Gasteiger partial charge in [0.05, 0.1) is 5.75 Å². The van der Waals surface area contributed by atoms with E-state index in [0.29, 0.717) is 24.9 Å². The fourth-order valence-electron chi connectivity index (χ4n) is 1.89. The number of halogens is 1. The molecular formula is C10H23ClN2O2S. The fraction of sp³-hybridized carbons (Fsp3) is 1.00. The van der Waals surface area contributed by atoms with Crippen LogP contribution in [0.2, 0.25) is 0 Å². The molecule has 1 aliphatic heterocycles. The number of hydrogen-bond donors (Lipinski definition) is 1. The number of nitrogens with one attached hydrogen (secondary N) is 1. The highest BCUT2D eigenvalue weighted by Gasteiger charge is 2.27. The van der Waals surface area contributed by atoms with E-state index in [4.69, 9.17) is 0 Å². The summed E-state index contributed by atoms with van der Waals surface area (Å²) in [5.74, 6) is 0.305. The lowest BCUT2D eigenvalue weighted by atomic mass is 10.1. The van der Waals surface area contributed by atoms with Crippen LogP contribution in [0.1, 0.15) is 32.6 Å². The van der Waals surface area contributed by atoms with E-state index in [9.17, 15) is 8.42 Å². The van der Waals surface area contributed by atoms with Gasteiger partial charge in [-0.3, -0.25) is 0 Å². The van der Waals surface area contributed by atoms with Gasteiger partial charge in [0.1, 0.15) is 0 Å². The van der Waals surface area contributed by atoms with Crippen molar-refractivity contribution in [1.29, 1.82) is 0 Å². The first-order chi connectivity index (χ1) is 7.10. The van der Waals surface area contributed by atoms with Crippen LogP contribution in [0, 0.1) is 0 Å². The van der Waals surface area contributed by atoms with E-state index in [1.807, 2.05) is 14.0 Å². The van der Waals surface area contributed by atoms with Gasteiger partial charge in [0.15, 0.2) is 0 Å². The minimum absolute atomic E-state index is 0. The summed E-state index contributed by atoms with van der Waals surface area (Å²) in [5.41, 5.74) is 0. The molecule has 1 atom stereocenters. The highest BCUT2D eigenvalue weighted by Crippen LogP contribution is 2.14. The molecule has 1 heterocycles. The molecule has 0 radical (unpaired) electrons. The van der Waals surface area contributed by atoms with Gasteiger partial charge in [0.25, 0.3) is 0 Å². The number of rotatable bonds is 5. The second-order valence-corrected chi connectivity index (χ2v) is 6.24. The van der Waals surface area contributed by atoms with E-state index in [0.717, 1.165) is 25.7 Å². The summed E-state index contributed by atoms with van der Waals surface area (Å²) in [6.07, 6.45) is 3.75. The summed E-state index contributed by atoms with van der Waals surface area (Å²) in [6, 6.07) is 0.329. The topological polar surface area (TPSA) is 49.4 Å². The third kappa shape index (κ3) is 4.57. The maximum absolute atomic E-state index is 11.9. The summed E-state index contributed by atoms with van der Waals surface area (Å²) in [4.78, 5) is 0. The van der Waals surface area contributed by atoms with Crippen LogP contribution >= 0.6 is 12.4 Å². The highest BCUT2D eigenvalue weighted by atomic mass is 35.5. The van der Waals surface area contributed by atoms with Gasteiger partial charge < -0.3 is 5.32 Å². The number of hydrogen-bond acceptors (Lipinski definition) is 3. The van der Waals surface area contributed by atoms with E-state index in [1.54, 1.807) is 4.31 Å². The molecule has 98 valence electrons. The maximum Gasteiger partial charge on any atom is 0.214 e. The second-order valence-electron chi connectivity index (χ2n) is 4.16. The van der Waals surface area contributed by atoms with Gasteiger partial charge in [-0.05, 0) is 26.3 Å². The molecule has 1 N–H and O–H groups in total. The van der Waals surface area contributed by atoms with Crippen molar-refractivity contribution < 1.29 is 8.42 Å². The van der Waals surface area contributed by atoms with Crippen molar-refractivity contribution >= 4 is 22.4 Å². The van der Waals surface area contributed by atoms with E-state index >= 15 is 0 Å². The number of nitrogens with zero attached hydrogens (tertiary/aromatic N) is 1. The van der Waals surface area contributed by atoms with Crippen molar-refractivity contribution in [3.05, 3.63) is 0 Å². The molecule has 1 saturated heterocycles. The lowest BCUT2D eigenvalue weighted by Crippen LogP contribution is -2.47. The first-order valence-electron chi connectivity index (χ1n) is 5.75. The zero-order valence-corrected chi connectivity index (χ0v) is 11.7. The molecule has 0 aliphatic carbocycles. The van der Waals surface area contributed by atoms with Crippen LogP contribution in [-0.2, 0) is 10.0 Å². The predicted octanol–water partition coefficient (Wildman–Crippen LogP) is 1.22. The maximum atomic E-state index is 11.9. The predicted molar refractivity (Wildman–Crippen MR) is 69.6 cm³/mol. The van der Waals surface area contributed by atoms with Crippen molar-refractivity contribution in [2.24, 2.45) is 0 Å². The van der Waals surface area contributed by atoms with Crippen molar-refractivity contribution in [3.8, 4) is 0 Å². The number of piperidine rings is 1. The Kier molecular flexibility index (Phi) is 7.55. The molecule has 0 amide bonds. The average molecular weight is 271 g/mol. The SMILES string of the molecule is CCCCS(=O)(=O)N1CCCC(NC)C1.Cl. The minimum atomic E-state index is -3.00. The molecule has 0 aromatic carbocycles. The smallest absolute Gasteiger partial charge is 0.214 e. The van der Waals surface area contributed by atoms with Crippen molar-refractivity contribution in [2.75, 3.05) is 25.9 Å². The van der Waals surface area contributed by atoms with E-state index < -0.39 is 10.0 Å². The monoisotopic (exact) mass is 270 g/mol. The number of unbranched alkanes of at least 4 members (excludes halogenated alkanes) is 1. The Morgan fingerprint density at radius 2 is 2.12 bits per heavy atom. The molecule has 0 aromatic rings. The Morgan fingerprint density at radius 1 is 1.44 bits per heavy atom. The zero-order chi connectivity index (χ0) is 11.3. The van der Waals surface area contributed by atoms with Crippen LogP contribution in [0.15, 0.2) is 0 Å². The summed E-state index contributed by atoms with van der Waals surface area (Å²) >= 11 is 0. The molecular weight excluding hydrogens is 248 g/mol. The van der Waals surface area contributed by atoms with Gasteiger partial charge in [-0.15, -0.1) is 12.4 Å². The number of sulfonamides is 1. The molecule has 1 unspecified atom stereocenters. The van der Waals surface area contributed by atoms with Gasteiger partial charge in [-0.1, -0.05) is 13.3 Å². The fourth-order valence-corrected chi connectivity index (χ4v) is 3.61.